The van der Waals surface area contributed by atoms with Gasteiger partial charge in [-0.2, -0.15) is 0 Å². The van der Waals surface area contributed by atoms with Crippen LogP contribution in [0.4, 0.5) is 0 Å². The number of aliphatic hydroxyl groups is 2. The molecule has 2 N–H and O–H groups in total. The Morgan fingerprint density at radius 2 is 2.00 bits per heavy atom. The van der Waals surface area contributed by atoms with E-state index in [-0.39, 0.29) is 62.5 Å². The van der Waals surface area contributed by atoms with Crippen LogP contribution in [0.25, 0.3) is 0 Å². The molecule has 0 aliphatic carbocycles. The zero-order valence-electron chi connectivity index (χ0n) is 11.9. The zero-order chi connectivity index (χ0) is 12.7. The van der Waals surface area contributed by atoms with E-state index in [0.29, 0.717) is 0 Å². The summed E-state index contributed by atoms with van der Waals surface area (Å²) in [5, 5.41) is 17.9. The Balaban J connectivity index is 0. The first-order valence-corrected chi connectivity index (χ1v) is 5.58. The Morgan fingerprint density at radius 1 is 1.39 bits per heavy atom. The summed E-state index contributed by atoms with van der Waals surface area (Å²) in [5.74, 6) is 0.0253. The third-order valence-electron chi connectivity index (χ3n) is 2.34. The number of ether oxygens (including phenoxy) is 1. The van der Waals surface area contributed by atoms with Crippen molar-refractivity contribution in [2.24, 2.45) is 0 Å². The predicted octanol–water partition coefficient (Wildman–Crippen LogP) is -1.81. The topological polar surface area (TPSA) is 66.8 Å². The second-order valence-electron chi connectivity index (χ2n) is 3.98. The van der Waals surface area contributed by atoms with E-state index in [0.717, 1.165) is 5.56 Å². The van der Waals surface area contributed by atoms with Gasteiger partial charge < -0.3 is 16.4 Å². The Kier molecular flexibility index (Phi) is 9.54. The van der Waals surface area contributed by atoms with E-state index in [1.807, 2.05) is 30.3 Å². The number of benzene rings is 1. The van der Waals surface area contributed by atoms with Crippen LogP contribution in [-0.2, 0) is 9.53 Å². The number of carbonyl (C=O) groups is 1. The summed E-state index contributed by atoms with van der Waals surface area (Å²) in [6.45, 7) is 1.17. The molecule has 0 saturated heterocycles. The van der Waals surface area contributed by atoms with Gasteiger partial charge in [0, 0.05) is 6.42 Å². The number of Topliss-reactive ketones (excluding diaryl/α,β-unsaturated/α-hetero) is 1. The molecule has 0 aliphatic rings. The van der Waals surface area contributed by atoms with Crippen molar-refractivity contribution in [1.29, 1.82) is 0 Å². The molecule has 0 radical (unpaired) electrons. The van der Waals surface area contributed by atoms with E-state index in [1.165, 1.54) is 6.92 Å². The molecule has 2 unspecified atom stereocenters. The molecule has 0 heterocycles. The summed E-state index contributed by atoms with van der Waals surface area (Å²) in [6, 6.07) is 9.37. The van der Waals surface area contributed by atoms with Crippen LogP contribution in [0.2, 0.25) is 0 Å². The Hall–Kier alpha value is -0.230. The molecule has 5 heteroatoms. The fraction of sp³-hybridized carbons (Fsp3) is 0.462. The zero-order valence-corrected chi connectivity index (χ0v) is 12.9. The van der Waals surface area contributed by atoms with E-state index in [9.17, 15) is 9.90 Å². The third kappa shape index (κ3) is 6.64. The minimum Gasteiger partial charge on any atom is -1.00 e. The van der Waals surface area contributed by atoms with Gasteiger partial charge in [-0.3, -0.25) is 4.79 Å². The molecule has 0 saturated carbocycles. The SMILES string of the molecule is CC(=O)CC(OCC(O)CO)c1ccccc1.[H-].[Na+]. The fourth-order valence-electron chi connectivity index (χ4n) is 1.48. The minimum atomic E-state index is -0.909. The molecule has 1 aromatic rings. The molecule has 1 aromatic carbocycles. The summed E-state index contributed by atoms with van der Waals surface area (Å²) in [4.78, 5) is 11.1. The van der Waals surface area contributed by atoms with Gasteiger partial charge in [-0.1, -0.05) is 30.3 Å². The van der Waals surface area contributed by atoms with Gasteiger partial charge in [0.15, 0.2) is 0 Å². The van der Waals surface area contributed by atoms with Crippen molar-refractivity contribution in [2.75, 3.05) is 13.2 Å². The summed E-state index contributed by atoms with van der Waals surface area (Å²) >= 11 is 0. The number of aliphatic hydroxyl groups excluding tert-OH is 2. The van der Waals surface area contributed by atoms with Gasteiger partial charge in [-0.25, -0.2) is 0 Å². The van der Waals surface area contributed by atoms with Crippen molar-refractivity contribution in [3.8, 4) is 0 Å². The third-order valence-corrected chi connectivity index (χ3v) is 2.34. The molecule has 4 nitrogen and oxygen atoms in total. The maximum Gasteiger partial charge on any atom is 1.00 e. The van der Waals surface area contributed by atoms with Crippen LogP contribution < -0.4 is 29.6 Å². The number of rotatable bonds is 7. The van der Waals surface area contributed by atoms with Gasteiger partial charge in [0.1, 0.15) is 11.9 Å². The molecular formula is C13H19NaO4. The summed E-state index contributed by atoms with van der Waals surface area (Å²) in [7, 11) is 0. The van der Waals surface area contributed by atoms with Gasteiger partial charge in [-0.05, 0) is 12.5 Å². The van der Waals surface area contributed by atoms with E-state index >= 15 is 0 Å². The monoisotopic (exact) mass is 262 g/mol. The number of ketones is 1. The van der Waals surface area contributed by atoms with Crippen molar-refractivity contribution >= 4 is 5.78 Å². The van der Waals surface area contributed by atoms with Crippen molar-refractivity contribution < 1.29 is 50.7 Å². The van der Waals surface area contributed by atoms with Crippen LogP contribution in [0, 0.1) is 0 Å². The first-order chi connectivity index (χ1) is 8.13. The molecule has 0 bridgehead atoms. The molecule has 0 aliphatic heterocycles. The molecule has 1 rings (SSSR count). The van der Waals surface area contributed by atoms with Gasteiger partial charge in [-0.15, -0.1) is 0 Å². The van der Waals surface area contributed by atoms with Gasteiger partial charge in [0.2, 0.25) is 0 Å². The predicted molar refractivity (Wildman–Crippen MR) is 64.6 cm³/mol. The maximum atomic E-state index is 11.1. The van der Waals surface area contributed by atoms with Crippen LogP contribution >= 0.6 is 0 Å². The van der Waals surface area contributed by atoms with Gasteiger partial charge >= 0.3 is 29.6 Å². The molecule has 0 fully saturated rings. The number of hydrogen-bond acceptors (Lipinski definition) is 4. The van der Waals surface area contributed by atoms with E-state index < -0.39 is 6.10 Å². The first kappa shape index (κ1) is 17.8. The van der Waals surface area contributed by atoms with Crippen molar-refractivity contribution in [1.82, 2.24) is 0 Å². The average molecular weight is 262 g/mol. The molecule has 0 spiro atoms. The maximum absolute atomic E-state index is 11.1. The second-order valence-corrected chi connectivity index (χ2v) is 3.98. The smallest absolute Gasteiger partial charge is 1.00 e. The Labute approximate surface area is 131 Å². The van der Waals surface area contributed by atoms with Crippen LogP contribution in [0.1, 0.15) is 26.4 Å². The second kappa shape index (κ2) is 9.67. The largest absolute Gasteiger partial charge is 1.00 e. The summed E-state index contributed by atoms with van der Waals surface area (Å²) in [6.07, 6.45) is -1.01. The van der Waals surface area contributed by atoms with Crippen molar-refractivity contribution in [3.05, 3.63) is 35.9 Å². The molecule has 96 valence electrons. The summed E-state index contributed by atoms with van der Waals surface area (Å²) in [5.41, 5.74) is 0.896. The van der Waals surface area contributed by atoms with Crippen LogP contribution in [0.5, 0.6) is 0 Å². The Bertz CT molecular complexity index is 348. The molecule has 0 amide bonds. The molecule has 2 atom stereocenters. The minimum absolute atomic E-state index is 0. The van der Waals surface area contributed by atoms with Gasteiger partial charge in [0.25, 0.3) is 0 Å². The van der Waals surface area contributed by atoms with Crippen LogP contribution in [-0.4, -0.2) is 35.3 Å². The van der Waals surface area contributed by atoms with Crippen LogP contribution in [0.3, 0.4) is 0 Å². The normalized spacial score (nSPS) is 13.5. The fourth-order valence-corrected chi connectivity index (χ4v) is 1.48. The molecule has 0 aromatic heterocycles. The van der Waals surface area contributed by atoms with Crippen molar-refractivity contribution in [2.45, 2.75) is 25.6 Å². The van der Waals surface area contributed by atoms with Crippen molar-refractivity contribution in [3.63, 3.8) is 0 Å². The summed E-state index contributed by atoms with van der Waals surface area (Å²) < 4.78 is 5.46. The Morgan fingerprint density at radius 3 is 2.50 bits per heavy atom. The van der Waals surface area contributed by atoms with Gasteiger partial charge in [0.05, 0.1) is 19.3 Å². The number of carbonyl (C=O) groups excluding carboxylic acids is 1. The molecule has 18 heavy (non-hydrogen) atoms. The quantitative estimate of drug-likeness (QED) is 0.569. The van der Waals surface area contributed by atoms with Crippen LogP contribution in [0.15, 0.2) is 30.3 Å². The first-order valence-electron chi connectivity index (χ1n) is 5.58. The van der Waals surface area contributed by atoms with E-state index in [1.54, 1.807) is 0 Å². The average Bonchev–Trinajstić information content (AvgIpc) is 2.34. The van der Waals surface area contributed by atoms with E-state index in [4.69, 9.17) is 9.84 Å². The molecular weight excluding hydrogens is 243 g/mol. The standard InChI is InChI=1S/C13H18O4.Na.H/c1-10(15)7-13(17-9-12(16)8-14)11-5-3-2-4-6-11;;/h2-6,12-14,16H,7-9H2,1H3;;/q;+1;-1. The number of hydrogen-bond donors (Lipinski definition) is 2. The van der Waals surface area contributed by atoms with E-state index in [2.05, 4.69) is 0 Å².